The lowest BCUT2D eigenvalue weighted by molar-refractivity contribution is 0.0697. The van der Waals surface area contributed by atoms with Gasteiger partial charge in [0.2, 0.25) is 0 Å². The summed E-state index contributed by atoms with van der Waals surface area (Å²) >= 11 is 0. The fourth-order valence-electron chi connectivity index (χ4n) is 2.27. The molecule has 2 rings (SSSR count). The van der Waals surface area contributed by atoms with E-state index in [1.807, 2.05) is 35.2 Å². The van der Waals surface area contributed by atoms with Crippen LogP contribution in [0.5, 0.6) is 0 Å². The fraction of sp³-hybridized carbons (Fsp3) is 0.235. The number of nitrogens with two attached hydrogens (primary N) is 1. The van der Waals surface area contributed by atoms with Gasteiger partial charge in [0, 0.05) is 17.9 Å². The Bertz CT molecular complexity index is 611. The number of carboxylic acids is 1. The van der Waals surface area contributed by atoms with Crippen LogP contribution in [0.4, 0.5) is 17.1 Å². The van der Waals surface area contributed by atoms with E-state index in [9.17, 15) is 9.90 Å². The molecule has 21 heavy (non-hydrogen) atoms. The average Bonchev–Trinajstić information content (AvgIpc) is 2.49. The highest BCUT2D eigenvalue weighted by atomic mass is 16.4. The van der Waals surface area contributed by atoms with Crippen LogP contribution in [0.1, 0.15) is 30.1 Å². The van der Waals surface area contributed by atoms with Crippen molar-refractivity contribution in [2.24, 2.45) is 0 Å². The minimum atomic E-state index is -0.963. The zero-order valence-corrected chi connectivity index (χ0v) is 12.1. The first kappa shape index (κ1) is 14.9. The van der Waals surface area contributed by atoms with Crippen LogP contribution in [0, 0.1) is 0 Å². The van der Waals surface area contributed by atoms with E-state index in [1.54, 1.807) is 12.1 Å². The Morgan fingerprint density at radius 3 is 2.52 bits per heavy atom. The van der Waals surface area contributed by atoms with Crippen molar-refractivity contribution in [1.82, 2.24) is 0 Å². The van der Waals surface area contributed by atoms with E-state index in [2.05, 4.69) is 6.92 Å². The van der Waals surface area contributed by atoms with Gasteiger partial charge in [-0.05, 0) is 36.8 Å². The van der Waals surface area contributed by atoms with Crippen molar-refractivity contribution in [1.29, 1.82) is 0 Å². The van der Waals surface area contributed by atoms with E-state index < -0.39 is 5.97 Å². The largest absolute Gasteiger partial charge is 0.478 e. The molecule has 3 N–H and O–H groups in total. The lowest BCUT2D eigenvalue weighted by Gasteiger charge is -2.26. The van der Waals surface area contributed by atoms with E-state index in [0.717, 1.165) is 25.1 Å². The van der Waals surface area contributed by atoms with Gasteiger partial charge in [-0.1, -0.05) is 31.5 Å². The fourth-order valence-corrected chi connectivity index (χ4v) is 2.27. The van der Waals surface area contributed by atoms with E-state index in [4.69, 9.17) is 5.73 Å². The van der Waals surface area contributed by atoms with Crippen molar-refractivity contribution >= 4 is 23.0 Å². The topological polar surface area (TPSA) is 66.6 Å². The number of nitrogen functional groups attached to an aromatic ring is 1. The molecule has 2 aromatic rings. The summed E-state index contributed by atoms with van der Waals surface area (Å²) < 4.78 is 0. The lowest BCUT2D eigenvalue weighted by Crippen LogP contribution is -2.21. The number of carboxylic acid groups (broad SMARTS) is 1. The van der Waals surface area contributed by atoms with Crippen LogP contribution in [0.3, 0.4) is 0 Å². The van der Waals surface area contributed by atoms with E-state index in [0.29, 0.717) is 11.4 Å². The molecule has 0 fully saturated rings. The third-order valence-electron chi connectivity index (χ3n) is 3.34. The van der Waals surface area contributed by atoms with Crippen LogP contribution in [0.15, 0.2) is 48.5 Å². The molecule has 0 unspecified atom stereocenters. The van der Waals surface area contributed by atoms with Crippen molar-refractivity contribution in [3.05, 3.63) is 54.1 Å². The zero-order valence-electron chi connectivity index (χ0n) is 12.1. The predicted molar refractivity (Wildman–Crippen MR) is 86.2 cm³/mol. The van der Waals surface area contributed by atoms with Gasteiger partial charge in [0.25, 0.3) is 0 Å². The summed E-state index contributed by atoms with van der Waals surface area (Å²) in [4.78, 5) is 13.5. The number of para-hydroxylation sites is 1. The summed E-state index contributed by atoms with van der Waals surface area (Å²) in [5.41, 5.74) is 8.07. The van der Waals surface area contributed by atoms with Crippen molar-refractivity contribution in [3.8, 4) is 0 Å². The van der Waals surface area contributed by atoms with Gasteiger partial charge in [-0.15, -0.1) is 0 Å². The Morgan fingerprint density at radius 1 is 1.19 bits per heavy atom. The number of nitrogens with zero attached hydrogens (tertiary/aromatic N) is 1. The number of carbonyl (C=O) groups is 1. The van der Waals surface area contributed by atoms with Gasteiger partial charge < -0.3 is 15.7 Å². The molecule has 0 radical (unpaired) electrons. The van der Waals surface area contributed by atoms with Gasteiger partial charge in [-0.25, -0.2) is 4.79 Å². The molecule has 0 aliphatic rings. The minimum Gasteiger partial charge on any atom is -0.478 e. The smallest absolute Gasteiger partial charge is 0.337 e. The number of rotatable bonds is 6. The summed E-state index contributed by atoms with van der Waals surface area (Å²) in [6, 6.07) is 14.8. The molecule has 4 heteroatoms. The Labute approximate surface area is 124 Å². The number of aromatic carboxylic acids is 1. The highest BCUT2D eigenvalue weighted by Crippen LogP contribution is 2.30. The molecule has 0 bridgehead atoms. The van der Waals surface area contributed by atoms with E-state index in [-0.39, 0.29) is 5.56 Å². The summed E-state index contributed by atoms with van der Waals surface area (Å²) in [6.07, 6.45) is 2.03. The highest BCUT2D eigenvalue weighted by molar-refractivity contribution is 5.96. The first-order valence-corrected chi connectivity index (χ1v) is 7.09. The molecule has 2 aromatic carbocycles. The molecule has 0 saturated heterocycles. The maximum atomic E-state index is 11.5. The summed E-state index contributed by atoms with van der Waals surface area (Å²) in [7, 11) is 0. The quantitative estimate of drug-likeness (QED) is 0.789. The Hall–Kier alpha value is -2.49. The zero-order chi connectivity index (χ0) is 15.2. The van der Waals surface area contributed by atoms with Crippen LogP contribution < -0.4 is 10.6 Å². The van der Waals surface area contributed by atoms with Gasteiger partial charge in [-0.2, -0.15) is 0 Å². The van der Waals surface area contributed by atoms with Crippen LogP contribution in [0.25, 0.3) is 0 Å². The van der Waals surface area contributed by atoms with Crippen LogP contribution in [0.2, 0.25) is 0 Å². The summed E-state index contributed by atoms with van der Waals surface area (Å²) in [6.45, 7) is 2.88. The molecule has 0 amide bonds. The average molecular weight is 284 g/mol. The van der Waals surface area contributed by atoms with Gasteiger partial charge in [-0.3, -0.25) is 0 Å². The molecule has 0 heterocycles. The monoisotopic (exact) mass is 284 g/mol. The normalized spacial score (nSPS) is 10.3. The molecular formula is C17H20N2O2. The highest BCUT2D eigenvalue weighted by Gasteiger charge is 2.17. The third kappa shape index (κ3) is 3.54. The maximum absolute atomic E-state index is 11.5. The molecule has 110 valence electrons. The van der Waals surface area contributed by atoms with Gasteiger partial charge in [0.15, 0.2) is 0 Å². The number of hydrogen-bond acceptors (Lipinski definition) is 3. The number of benzene rings is 2. The number of anilines is 3. The van der Waals surface area contributed by atoms with Crippen molar-refractivity contribution in [3.63, 3.8) is 0 Å². The van der Waals surface area contributed by atoms with Gasteiger partial charge in [0.05, 0.1) is 11.3 Å². The van der Waals surface area contributed by atoms with Gasteiger partial charge >= 0.3 is 5.97 Å². The first-order valence-electron chi connectivity index (χ1n) is 7.09. The maximum Gasteiger partial charge on any atom is 0.337 e. The van der Waals surface area contributed by atoms with Crippen molar-refractivity contribution in [2.45, 2.75) is 19.8 Å². The third-order valence-corrected chi connectivity index (χ3v) is 3.34. The molecular weight excluding hydrogens is 264 g/mol. The first-order chi connectivity index (χ1) is 10.1. The second-order valence-electron chi connectivity index (χ2n) is 4.92. The molecule has 0 spiro atoms. The molecule has 0 aliphatic carbocycles. The van der Waals surface area contributed by atoms with Crippen LogP contribution in [-0.2, 0) is 0 Å². The van der Waals surface area contributed by atoms with Crippen LogP contribution >= 0.6 is 0 Å². The SMILES string of the molecule is CCCCN(c1ccccc1)c1ccc(N)cc1C(=O)O. The molecule has 0 aliphatic heterocycles. The standard InChI is InChI=1S/C17H20N2O2/c1-2-3-11-19(14-7-5-4-6-8-14)16-10-9-13(18)12-15(16)17(20)21/h4-10,12H,2-3,11,18H2,1H3,(H,20,21). The molecule has 0 aromatic heterocycles. The summed E-state index contributed by atoms with van der Waals surface area (Å²) in [5.74, 6) is -0.963. The second-order valence-corrected chi connectivity index (χ2v) is 4.92. The number of hydrogen-bond donors (Lipinski definition) is 2. The van der Waals surface area contributed by atoms with Crippen LogP contribution in [-0.4, -0.2) is 17.6 Å². The Balaban J connectivity index is 2.48. The van der Waals surface area contributed by atoms with E-state index >= 15 is 0 Å². The van der Waals surface area contributed by atoms with E-state index in [1.165, 1.54) is 6.07 Å². The molecule has 4 nitrogen and oxygen atoms in total. The molecule has 0 atom stereocenters. The number of unbranched alkanes of at least 4 members (excludes halogenated alkanes) is 1. The van der Waals surface area contributed by atoms with Crippen molar-refractivity contribution in [2.75, 3.05) is 17.2 Å². The molecule has 0 saturated carbocycles. The minimum absolute atomic E-state index is 0.231. The Morgan fingerprint density at radius 2 is 1.90 bits per heavy atom. The second kappa shape index (κ2) is 6.79. The van der Waals surface area contributed by atoms with Crippen molar-refractivity contribution < 1.29 is 9.90 Å². The Kier molecular flexibility index (Phi) is 4.82. The predicted octanol–water partition coefficient (Wildman–Crippen LogP) is 3.91. The summed E-state index contributed by atoms with van der Waals surface area (Å²) in [5, 5.41) is 9.43. The van der Waals surface area contributed by atoms with Gasteiger partial charge in [0.1, 0.15) is 0 Å². The lowest BCUT2D eigenvalue weighted by atomic mass is 10.1.